The van der Waals surface area contributed by atoms with E-state index < -0.39 is 0 Å². The van der Waals surface area contributed by atoms with Gasteiger partial charge in [0.05, 0.1) is 4.88 Å². The number of hydrogen-bond donors (Lipinski definition) is 1. The van der Waals surface area contributed by atoms with Crippen LogP contribution in [0.4, 0.5) is 0 Å². The molecule has 0 aliphatic carbocycles. The second kappa shape index (κ2) is 7.85. The van der Waals surface area contributed by atoms with Crippen molar-refractivity contribution in [2.24, 2.45) is 5.92 Å². The van der Waals surface area contributed by atoms with Gasteiger partial charge < -0.3 is 5.32 Å². The number of fused-ring (bicyclic) bond motifs is 1. The molecule has 0 aromatic carbocycles. The molecule has 2 heterocycles. The number of thiophene rings is 1. The summed E-state index contributed by atoms with van der Waals surface area (Å²) in [4.78, 5) is 14.9. The molecular formula is C15H22BrNOS2. The molecule has 0 saturated carbocycles. The summed E-state index contributed by atoms with van der Waals surface area (Å²) in [5, 5.41) is 3.07. The van der Waals surface area contributed by atoms with Crippen LogP contribution in [0.3, 0.4) is 0 Å². The van der Waals surface area contributed by atoms with Crippen LogP contribution >= 0.6 is 39.0 Å². The van der Waals surface area contributed by atoms with E-state index in [4.69, 9.17) is 0 Å². The number of carbonyl (C=O) groups excluding carboxylic acids is 1. The number of alkyl halides is 1. The van der Waals surface area contributed by atoms with Crippen LogP contribution in [0.5, 0.6) is 0 Å². The summed E-state index contributed by atoms with van der Waals surface area (Å²) in [5.74, 6) is 2.97. The van der Waals surface area contributed by atoms with Gasteiger partial charge in [-0.15, -0.1) is 11.3 Å². The summed E-state index contributed by atoms with van der Waals surface area (Å²) in [6.07, 6.45) is 3.41. The molecule has 1 aliphatic rings. The Hall–Kier alpha value is -0.000000000000000111. The van der Waals surface area contributed by atoms with Crippen LogP contribution in [0.25, 0.3) is 0 Å². The molecule has 1 aliphatic heterocycles. The highest BCUT2D eigenvalue weighted by molar-refractivity contribution is 9.09. The van der Waals surface area contributed by atoms with Gasteiger partial charge in [-0.05, 0) is 29.7 Å². The number of carbonyl (C=O) groups is 1. The van der Waals surface area contributed by atoms with Crippen LogP contribution in [0.15, 0.2) is 6.07 Å². The van der Waals surface area contributed by atoms with E-state index >= 15 is 0 Å². The predicted molar refractivity (Wildman–Crippen MR) is 93.3 cm³/mol. The Morgan fingerprint density at radius 2 is 2.20 bits per heavy atom. The summed E-state index contributed by atoms with van der Waals surface area (Å²) in [7, 11) is 0. The van der Waals surface area contributed by atoms with E-state index in [1.54, 1.807) is 11.3 Å². The molecular weight excluding hydrogens is 354 g/mol. The molecule has 0 fully saturated rings. The minimum atomic E-state index is 0.0878. The molecule has 112 valence electrons. The normalized spacial score (nSPS) is 16.0. The molecule has 20 heavy (non-hydrogen) atoms. The van der Waals surface area contributed by atoms with Gasteiger partial charge in [-0.1, -0.05) is 42.6 Å². The first kappa shape index (κ1) is 16.4. The maximum atomic E-state index is 12.2. The van der Waals surface area contributed by atoms with Crippen molar-refractivity contribution < 1.29 is 4.79 Å². The average Bonchev–Trinajstić information content (AvgIpc) is 2.90. The summed E-state index contributed by atoms with van der Waals surface area (Å²) in [5.41, 5.74) is 1.37. The largest absolute Gasteiger partial charge is 0.350 e. The minimum absolute atomic E-state index is 0.0878. The Morgan fingerprint density at radius 3 is 2.85 bits per heavy atom. The first-order valence-electron chi connectivity index (χ1n) is 7.27. The number of nitrogens with one attached hydrogen (secondary N) is 1. The van der Waals surface area contributed by atoms with Crippen LogP contribution in [0, 0.1) is 5.92 Å². The summed E-state index contributed by atoms with van der Waals surface area (Å²) in [6.45, 7) is 5.12. The SMILES string of the molecule is CCC(CC)C(Br)CNC(=O)c1cc2c(s1)CCSC2. The predicted octanol–water partition coefficient (Wildman–Crippen LogP) is 4.47. The van der Waals surface area contributed by atoms with Crippen molar-refractivity contribution in [3.05, 3.63) is 21.4 Å². The third-order valence-corrected chi connectivity index (χ3v) is 7.18. The van der Waals surface area contributed by atoms with Crippen molar-refractivity contribution in [1.82, 2.24) is 5.32 Å². The topological polar surface area (TPSA) is 29.1 Å². The number of amides is 1. The van der Waals surface area contributed by atoms with Gasteiger partial charge in [0, 0.05) is 22.0 Å². The van der Waals surface area contributed by atoms with E-state index in [9.17, 15) is 4.79 Å². The molecule has 0 bridgehead atoms. The Morgan fingerprint density at radius 1 is 1.45 bits per heavy atom. The van der Waals surface area contributed by atoms with Gasteiger partial charge in [-0.2, -0.15) is 11.8 Å². The van der Waals surface area contributed by atoms with Gasteiger partial charge in [0.1, 0.15) is 0 Å². The second-order valence-corrected chi connectivity index (χ2v) is 8.58. The lowest BCUT2D eigenvalue weighted by Gasteiger charge is -2.19. The smallest absolute Gasteiger partial charge is 0.261 e. The number of thioether (sulfide) groups is 1. The van der Waals surface area contributed by atoms with E-state index in [-0.39, 0.29) is 5.91 Å². The molecule has 1 amide bonds. The van der Waals surface area contributed by atoms with Crippen molar-refractivity contribution in [3.8, 4) is 0 Å². The van der Waals surface area contributed by atoms with Crippen LogP contribution in [-0.2, 0) is 12.2 Å². The van der Waals surface area contributed by atoms with Gasteiger partial charge in [-0.3, -0.25) is 4.79 Å². The van der Waals surface area contributed by atoms with Crippen molar-refractivity contribution >= 4 is 44.9 Å². The first-order chi connectivity index (χ1) is 9.65. The van der Waals surface area contributed by atoms with Crippen LogP contribution in [0.1, 0.15) is 46.8 Å². The second-order valence-electron chi connectivity index (χ2n) is 5.16. The van der Waals surface area contributed by atoms with E-state index in [1.807, 2.05) is 11.8 Å². The van der Waals surface area contributed by atoms with Crippen LogP contribution in [-0.4, -0.2) is 23.0 Å². The molecule has 1 N–H and O–H groups in total. The minimum Gasteiger partial charge on any atom is -0.350 e. The van der Waals surface area contributed by atoms with Gasteiger partial charge in [-0.25, -0.2) is 0 Å². The molecule has 2 nitrogen and oxygen atoms in total. The first-order valence-corrected chi connectivity index (χ1v) is 10.2. The maximum Gasteiger partial charge on any atom is 0.261 e. The third kappa shape index (κ3) is 4.01. The third-order valence-electron chi connectivity index (χ3n) is 3.87. The van der Waals surface area contributed by atoms with Crippen molar-refractivity contribution in [3.63, 3.8) is 0 Å². The van der Waals surface area contributed by atoms with E-state index in [0.717, 1.165) is 29.9 Å². The zero-order chi connectivity index (χ0) is 14.5. The van der Waals surface area contributed by atoms with Crippen LogP contribution < -0.4 is 5.32 Å². The molecule has 0 spiro atoms. The van der Waals surface area contributed by atoms with E-state index in [1.165, 1.54) is 16.2 Å². The van der Waals surface area contributed by atoms with E-state index in [0.29, 0.717) is 17.3 Å². The summed E-state index contributed by atoms with van der Waals surface area (Å²) >= 11 is 7.34. The number of aryl methyl sites for hydroxylation is 1. The molecule has 2 rings (SSSR count). The monoisotopic (exact) mass is 375 g/mol. The molecule has 1 aromatic rings. The summed E-state index contributed by atoms with van der Waals surface area (Å²) in [6, 6.07) is 2.09. The Kier molecular flexibility index (Phi) is 6.43. The molecule has 0 saturated heterocycles. The fourth-order valence-corrected chi connectivity index (χ4v) is 5.70. The fraction of sp³-hybridized carbons (Fsp3) is 0.667. The average molecular weight is 376 g/mol. The van der Waals surface area contributed by atoms with Crippen molar-refractivity contribution in [1.29, 1.82) is 0 Å². The number of rotatable bonds is 6. The highest BCUT2D eigenvalue weighted by Crippen LogP contribution is 2.31. The Bertz CT molecular complexity index is 433. The van der Waals surface area contributed by atoms with Gasteiger partial charge in [0.15, 0.2) is 0 Å². The van der Waals surface area contributed by atoms with Crippen molar-refractivity contribution in [2.45, 2.75) is 43.7 Å². The lowest BCUT2D eigenvalue weighted by atomic mass is 9.99. The molecule has 1 atom stereocenters. The Balaban J connectivity index is 1.90. The zero-order valence-corrected chi connectivity index (χ0v) is 15.3. The zero-order valence-electron chi connectivity index (χ0n) is 12.1. The van der Waals surface area contributed by atoms with Crippen LogP contribution in [0.2, 0.25) is 0 Å². The Labute approximate surface area is 138 Å². The molecule has 5 heteroatoms. The highest BCUT2D eigenvalue weighted by atomic mass is 79.9. The maximum absolute atomic E-state index is 12.2. The molecule has 1 aromatic heterocycles. The highest BCUT2D eigenvalue weighted by Gasteiger charge is 2.19. The number of hydrogen-bond acceptors (Lipinski definition) is 3. The lowest BCUT2D eigenvalue weighted by molar-refractivity contribution is 0.0956. The summed E-state index contributed by atoms with van der Waals surface area (Å²) < 4.78 is 0. The van der Waals surface area contributed by atoms with E-state index in [2.05, 4.69) is 41.2 Å². The quantitative estimate of drug-likeness (QED) is 0.743. The van der Waals surface area contributed by atoms with Crippen molar-refractivity contribution in [2.75, 3.05) is 12.3 Å². The fourth-order valence-electron chi connectivity index (χ4n) is 2.50. The molecule has 1 unspecified atom stereocenters. The molecule has 0 radical (unpaired) electrons. The van der Waals surface area contributed by atoms with Gasteiger partial charge in [0.25, 0.3) is 5.91 Å². The van der Waals surface area contributed by atoms with Gasteiger partial charge in [0.2, 0.25) is 0 Å². The lowest BCUT2D eigenvalue weighted by Crippen LogP contribution is -2.32. The standard InChI is InChI=1S/C15H22BrNOS2/c1-3-10(4-2)12(16)8-17-15(18)14-7-11-9-19-6-5-13(11)20-14/h7,10,12H,3-6,8-9H2,1-2H3,(H,17,18). The van der Waals surface area contributed by atoms with Gasteiger partial charge >= 0.3 is 0 Å². The number of halogens is 1.